The van der Waals surface area contributed by atoms with Crippen LogP contribution in [0.4, 0.5) is 0 Å². The fraction of sp³-hybridized carbons (Fsp3) is 0. The van der Waals surface area contributed by atoms with E-state index >= 15 is 0 Å². The number of pyridine rings is 1. The predicted molar refractivity (Wildman–Crippen MR) is 55.7 cm³/mol. The summed E-state index contributed by atoms with van der Waals surface area (Å²) in [4.78, 5) is 4.05. The molecule has 0 saturated carbocycles. The topological polar surface area (TPSA) is 12.9 Å². The van der Waals surface area contributed by atoms with Gasteiger partial charge in [0.15, 0.2) is 7.28 Å². The Kier molecular flexibility index (Phi) is 2.42. The van der Waals surface area contributed by atoms with E-state index in [-0.39, 0.29) is 0 Å². The maximum atomic E-state index is 4.05. The molecule has 1 nitrogen and oxygen atoms in total. The van der Waals surface area contributed by atoms with E-state index in [0.29, 0.717) is 0 Å². The maximum Gasteiger partial charge on any atom is 0.193 e. The van der Waals surface area contributed by atoms with Gasteiger partial charge in [0, 0.05) is 12.4 Å². The minimum atomic E-state index is 1.13. The lowest BCUT2D eigenvalue weighted by atomic mass is 9.65. The summed E-state index contributed by atoms with van der Waals surface area (Å²) in [5.74, 6) is 0. The fourth-order valence-electron chi connectivity index (χ4n) is 1.20. The molecule has 61 valence electrons. The highest BCUT2D eigenvalue weighted by Crippen LogP contribution is 1.82. The summed E-state index contributed by atoms with van der Waals surface area (Å²) < 4.78 is 0. The van der Waals surface area contributed by atoms with Crippen LogP contribution in [-0.4, -0.2) is 12.3 Å². The van der Waals surface area contributed by atoms with Crippen molar-refractivity contribution in [2.75, 3.05) is 0 Å². The highest BCUT2D eigenvalue weighted by atomic mass is 14.6. The van der Waals surface area contributed by atoms with E-state index in [1.807, 2.05) is 36.5 Å². The number of hydrogen-bond acceptors (Lipinski definition) is 1. The molecule has 2 aromatic rings. The van der Waals surface area contributed by atoms with Crippen molar-refractivity contribution < 1.29 is 0 Å². The van der Waals surface area contributed by atoms with E-state index in [4.69, 9.17) is 0 Å². The van der Waals surface area contributed by atoms with Crippen molar-refractivity contribution in [3.05, 3.63) is 54.9 Å². The monoisotopic (exact) mass is 166 g/mol. The molecule has 0 bridgehead atoms. The summed E-state index contributed by atoms with van der Waals surface area (Å²) in [6.07, 6.45) is 3.63. The molecule has 13 heavy (non-hydrogen) atoms. The maximum absolute atomic E-state index is 4.05. The Labute approximate surface area is 78.7 Å². The van der Waals surface area contributed by atoms with Crippen molar-refractivity contribution in [1.82, 2.24) is 4.98 Å². The van der Waals surface area contributed by atoms with Crippen LogP contribution in [0.3, 0.4) is 0 Å². The van der Waals surface area contributed by atoms with Crippen molar-refractivity contribution in [2.45, 2.75) is 0 Å². The lowest BCUT2D eigenvalue weighted by molar-refractivity contribution is 1.35. The number of nitrogens with zero attached hydrogens (tertiary/aromatic N) is 1. The van der Waals surface area contributed by atoms with Crippen LogP contribution in [-0.2, 0) is 0 Å². The minimum absolute atomic E-state index is 1.13. The van der Waals surface area contributed by atoms with Crippen LogP contribution in [0.5, 0.6) is 0 Å². The normalized spacial score (nSPS) is 9.54. The summed E-state index contributed by atoms with van der Waals surface area (Å²) in [5.41, 5.74) is 2.34. The number of hydrogen-bond donors (Lipinski definition) is 0. The molecule has 1 aromatic carbocycles. The first-order chi connectivity index (χ1) is 6.45. The van der Waals surface area contributed by atoms with Gasteiger partial charge >= 0.3 is 0 Å². The third-order valence-electron chi connectivity index (χ3n) is 1.82. The third-order valence-corrected chi connectivity index (χ3v) is 1.82. The molecule has 0 fully saturated rings. The second kappa shape index (κ2) is 3.90. The molecular formula is C11H9BN. The van der Waals surface area contributed by atoms with Crippen molar-refractivity contribution >= 4 is 18.2 Å². The van der Waals surface area contributed by atoms with Crippen molar-refractivity contribution in [3.8, 4) is 0 Å². The molecule has 0 unspecified atom stereocenters. The van der Waals surface area contributed by atoms with Gasteiger partial charge in [0.1, 0.15) is 0 Å². The Morgan fingerprint density at radius 3 is 2.31 bits per heavy atom. The van der Waals surface area contributed by atoms with Crippen molar-refractivity contribution in [1.29, 1.82) is 0 Å². The van der Waals surface area contributed by atoms with Gasteiger partial charge in [-0.1, -0.05) is 47.3 Å². The smallest absolute Gasteiger partial charge is 0.193 e. The van der Waals surface area contributed by atoms with Gasteiger partial charge in [0.05, 0.1) is 0 Å². The second-order valence-corrected chi connectivity index (χ2v) is 2.84. The first-order valence-electron chi connectivity index (χ1n) is 4.25. The molecule has 0 saturated heterocycles. The molecule has 0 amide bonds. The van der Waals surface area contributed by atoms with Crippen LogP contribution in [0.2, 0.25) is 0 Å². The molecule has 1 heterocycles. The molecule has 1 aromatic heterocycles. The highest BCUT2D eigenvalue weighted by molar-refractivity contribution is 6.67. The Morgan fingerprint density at radius 2 is 1.62 bits per heavy atom. The van der Waals surface area contributed by atoms with Gasteiger partial charge in [-0.2, -0.15) is 0 Å². The van der Waals surface area contributed by atoms with E-state index in [1.54, 1.807) is 6.20 Å². The number of rotatable bonds is 2. The summed E-state index contributed by atoms with van der Waals surface area (Å²) in [6, 6.07) is 14.2. The summed E-state index contributed by atoms with van der Waals surface area (Å²) in [5, 5.41) is 0. The molecule has 0 aliphatic heterocycles. The zero-order valence-corrected chi connectivity index (χ0v) is 7.22. The van der Waals surface area contributed by atoms with Gasteiger partial charge in [0.2, 0.25) is 0 Å². The fourth-order valence-corrected chi connectivity index (χ4v) is 1.20. The lowest BCUT2D eigenvalue weighted by Gasteiger charge is -1.97. The van der Waals surface area contributed by atoms with Gasteiger partial charge in [-0.05, 0) is 6.07 Å². The molecule has 0 atom stereocenters. The molecular weight excluding hydrogens is 157 g/mol. The van der Waals surface area contributed by atoms with E-state index < -0.39 is 0 Å². The van der Waals surface area contributed by atoms with Crippen LogP contribution in [0.15, 0.2) is 54.9 Å². The standard InChI is InChI=1S/C11H9BN/c1-2-5-10(6-3-1)12-11-7-4-8-13-9-11/h1-9H. The second-order valence-electron chi connectivity index (χ2n) is 2.84. The Bertz CT molecular complexity index is 321. The summed E-state index contributed by atoms with van der Waals surface area (Å²) in [7, 11) is 2.10. The molecule has 0 spiro atoms. The molecule has 0 aliphatic rings. The van der Waals surface area contributed by atoms with Crippen LogP contribution in [0.25, 0.3) is 0 Å². The van der Waals surface area contributed by atoms with Crippen LogP contribution >= 0.6 is 0 Å². The highest BCUT2D eigenvalue weighted by Gasteiger charge is 1.96. The lowest BCUT2D eigenvalue weighted by Crippen LogP contribution is -2.26. The summed E-state index contributed by atoms with van der Waals surface area (Å²) in [6.45, 7) is 0. The minimum Gasteiger partial charge on any atom is -0.265 e. The average Bonchev–Trinajstić information content (AvgIpc) is 2.21. The van der Waals surface area contributed by atoms with Gasteiger partial charge in [-0.25, -0.2) is 0 Å². The molecule has 2 heteroatoms. The average molecular weight is 166 g/mol. The Morgan fingerprint density at radius 1 is 0.846 bits per heavy atom. The molecule has 0 aliphatic carbocycles. The van der Waals surface area contributed by atoms with E-state index in [0.717, 1.165) is 5.46 Å². The zero-order chi connectivity index (χ0) is 8.93. The van der Waals surface area contributed by atoms with Crippen LogP contribution < -0.4 is 10.9 Å². The zero-order valence-electron chi connectivity index (χ0n) is 7.22. The van der Waals surface area contributed by atoms with E-state index in [1.165, 1.54) is 5.46 Å². The van der Waals surface area contributed by atoms with Crippen LogP contribution in [0.1, 0.15) is 0 Å². The first kappa shape index (κ1) is 8.05. The Balaban J connectivity index is 2.16. The summed E-state index contributed by atoms with van der Waals surface area (Å²) >= 11 is 0. The number of benzene rings is 1. The number of aromatic nitrogens is 1. The van der Waals surface area contributed by atoms with E-state index in [2.05, 4.69) is 24.4 Å². The molecule has 2 rings (SSSR count). The first-order valence-corrected chi connectivity index (χ1v) is 4.25. The Hall–Kier alpha value is -1.57. The predicted octanol–water partition coefficient (Wildman–Crippen LogP) is 0.737. The van der Waals surface area contributed by atoms with Gasteiger partial charge in [-0.3, -0.25) is 4.98 Å². The quantitative estimate of drug-likeness (QED) is 0.599. The third kappa shape index (κ3) is 2.18. The molecule has 0 N–H and O–H groups in total. The van der Waals surface area contributed by atoms with Gasteiger partial charge < -0.3 is 0 Å². The van der Waals surface area contributed by atoms with Crippen LogP contribution in [0, 0.1) is 0 Å². The van der Waals surface area contributed by atoms with Gasteiger partial charge in [0.25, 0.3) is 0 Å². The van der Waals surface area contributed by atoms with E-state index in [9.17, 15) is 0 Å². The van der Waals surface area contributed by atoms with Crippen molar-refractivity contribution in [2.24, 2.45) is 0 Å². The molecule has 1 radical (unpaired) electrons. The van der Waals surface area contributed by atoms with Gasteiger partial charge in [-0.15, -0.1) is 0 Å². The van der Waals surface area contributed by atoms with Crippen molar-refractivity contribution in [3.63, 3.8) is 0 Å². The largest absolute Gasteiger partial charge is 0.265 e. The SMILES string of the molecule is [B](c1ccccc1)c1cccnc1.